The Balaban J connectivity index is 2.18. The molecule has 1 aromatic carbocycles. The van der Waals surface area contributed by atoms with E-state index < -0.39 is 5.41 Å². The highest BCUT2D eigenvalue weighted by Gasteiger charge is 2.33. The number of amides is 2. The van der Waals surface area contributed by atoms with E-state index in [0.717, 1.165) is 10.4 Å². The summed E-state index contributed by atoms with van der Waals surface area (Å²) in [5.74, 6) is 1.27. The number of carbonyl (C=O) groups is 2. The molecule has 0 atom stereocenters. The molecule has 0 fully saturated rings. The van der Waals surface area contributed by atoms with E-state index in [2.05, 4.69) is 0 Å². The first-order chi connectivity index (χ1) is 17.2. The highest BCUT2D eigenvalue weighted by atomic mass is 35.5. The Morgan fingerprint density at radius 3 is 2.42 bits per heavy atom. The van der Waals surface area contributed by atoms with Crippen LogP contribution < -0.4 is 9.47 Å². The van der Waals surface area contributed by atoms with Crippen LogP contribution in [0.2, 0.25) is 0 Å². The molecule has 2 amide bonds. The number of thiophene rings is 1. The van der Waals surface area contributed by atoms with E-state index in [4.69, 9.17) is 25.8 Å². The Hall–Kier alpha value is -2.29. The second kappa shape index (κ2) is 15.1. The second-order valence-electron chi connectivity index (χ2n) is 9.13. The predicted molar refractivity (Wildman–Crippen MR) is 145 cm³/mol. The van der Waals surface area contributed by atoms with E-state index in [9.17, 15) is 9.59 Å². The molecule has 0 aliphatic rings. The molecule has 0 saturated heterocycles. The minimum atomic E-state index is -0.758. The molecule has 0 radical (unpaired) electrons. The van der Waals surface area contributed by atoms with Gasteiger partial charge in [0.05, 0.1) is 32.7 Å². The fourth-order valence-corrected chi connectivity index (χ4v) is 4.52. The monoisotopic (exact) mass is 538 g/mol. The van der Waals surface area contributed by atoms with Crippen molar-refractivity contribution in [3.8, 4) is 11.5 Å². The van der Waals surface area contributed by atoms with Gasteiger partial charge in [-0.05, 0) is 62.8 Å². The van der Waals surface area contributed by atoms with Gasteiger partial charge < -0.3 is 24.0 Å². The number of halogens is 1. The Morgan fingerprint density at radius 2 is 1.81 bits per heavy atom. The zero-order chi connectivity index (χ0) is 26.6. The normalized spacial score (nSPS) is 11.3. The van der Waals surface area contributed by atoms with Crippen LogP contribution in [0.15, 0.2) is 35.7 Å². The molecule has 7 nitrogen and oxygen atoms in total. The van der Waals surface area contributed by atoms with Crippen molar-refractivity contribution in [1.29, 1.82) is 0 Å². The topological polar surface area (TPSA) is 68.3 Å². The van der Waals surface area contributed by atoms with Crippen molar-refractivity contribution in [2.24, 2.45) is 5.41 Å². The van der Waals surface area contributed by atoms with Gasteiger partial charge in [0.1, 0.15) is 0 Å². The lowest BCUT2D eigenvalue weighted by Gasteiger charge is -2.32. The van der Waals surface area contributed by atoms with Crippen molar-refractivity contribution in [3.63, 3.8) is 0 Å². The van der Waals surface area contributed by atoms with Crippen LogP contribution in [0, 0.1) is 5.41 Å². The lowest BCUT2D eigenvalue weighted by Crippen LogP contribution is -2.48. The molecule has 36 heavy (non-hydrogen) atoms. The Labute approximate surface area is 224 Å². The number of alkyl halides is 1. The summed E-state index contributed by atoms with van der Waals surface area (Å²) in [5.41, 5.74) is 0.274. The highest BCUT2D eigenvalue weighted by molar-refractivity contribution is 7.09. The van der Waals surface area contributed by atoms with Crippen molar-refractivity contribution >= 4 is 34.8 Å². The Morgan fingerprint density at radius 1 is 1.06 bits per heavy atom. The summed E-state index contributed by atoms with van der Waals surface area (Å²) in [4.78, 5) is 31.3. The summed E-state index contributed by atoms with van der Waals surface area (Å²) < 4.78 is 16.2. The molecule has 0 bridgehead atoms. The van der Waals surface area contributed by atoms with Gasteiger partial charge in [0.15, 0.2) is 11.5 Å². The number of benzene rings is 1. The van der Waals surface area contributed by atoms with Crippen molar-refractivity contribution in [2.75, 3.05) is 52.9 Å². The van der Waals surface area contributed by atoms with Crippen LogP contribution in [-0.4, -0.2) is 74.6 Å². The molecule has 200 valence electrons. The molecule has 1 aromatic heterocycles. The summed E-state index contributed by atoms with van der Waals surface area (Å²) in [7, 11) is 3.21. The zero-order valence-corrected chi connectivity index (χ0v) is 23.6. The van der Waals surface area contributed by atoms with Gasteiger partial charge in [-0.25, -0.2) is 0 Å². The molecule has 0 spiro atoms. The highest BCUT2D eigenvalue weighted by Crippen LogP contribution is 2.28. The van der Waals surface area contributed by atoms with E-state index in [0.29, 0.717) is 57.2 Å². The van der Waals surface area contributed by atoms with Gasteiger partial charge in [-0.15, -0.1) is 22.9 Å². The molecule has 0 aliphatic carbocycles. The Kier molecular flexibility index (Phi) is 12.5. The number of hydrogen-bond donors (Lipinski definition) is 0. The number of carbonyl (C=O) groups excluding carboxylic acids is 2. The minimum absolute atomic E-state index is 0.00257. The third kappa shape index (κ3) is 8.98. The molecule has 1 heterocycles. The summed E-state index contributed by atoms with van der Waals surface area (Å²) >= 11 is 7.70. The van der Waals surface area contributed by atoms with Gasteiger partial charge in [0.2, 0.25) is 11.8 Å². The van der Waals surface area contributed by atoms with Crippen molar-refractivity contribution < 1.29 is 23.8 Å². The first-order valence-electron chi connectivity index (χ1n) is 12.2. The van der Waals surface area contributed by atoms with Gasteiger partial charge in [0.25, 0.3) is 0 Å². The standard InChI is InChI=1S/C27H39ClN2O5S/c1-6-35-15-8-13-30(26(32)27(2,3)20-28)19-25(31)29(18-22-9-7-16-36-22)14-12-21-10-11-23(33-4)24(17-21)34-5/h7,9-11,16-17H,6,8,12-15,18-20H2,1-5H3. The van der Waals surface area contributed by atoms with Gasteiger partial charge in [-0.1, -0.05) is 12.1 Å². The minimum Gasteiger partial charge on any atom is -0.493 e. The fraction of sp³-hybridized carbons (Fsp3) is 0.556. The number of nitrogens with zero attached hydrogens (tertiary/aromatic N) is 2. The average molecular weight is 539 g/mol. The summed E-state index contributed by atoms with van der Waals surface area (Å²) in [6.45, 7) is 8.14. The van der Waals surface area contributed by atoms with Crippen molar-refractivity contribution in [3.05, 3.63) is 46.2 Å². The van der Waals surface area contributed by atoms with Crippen molar-refractivity contribution in [1.82, 2.24) is 9.80 Å². The van der Waals surface area contributed by atoms with Crippen molar-refractivity contribution in [2.45, 2.75) is 40.2 Å². The van der Waals surface area contributed by atoms with Crippen LogP contribution in [0.4, 0.5) is 0 Å². The number of methoxy groups -OCH3 is 2. The third-order valence-electron chi connectivity index (χ3n) is 5.85. The second-order valence-corrected chi connectivity index (χ2v) is 10.4. The number of hydrogen-bond acceptors (Lipinski definition) is 6. The maximum absolute atomic E-state index is 13.6. The lowest BCUT2D eigenvalue weighted by molar-refractivity contribution is -0.145. The van der Waals surface area contributed by atoms with Gasteiger partial charge in [-0.2, -0.15) is 0 Å². The maximum Gasteiger partial charge on any atom is 0.242 e. The van der Waals surface area contributed by atoms with Gasteiger partial charge >= 0.3 is 0 Å². The molecular formula is C27H39ClN2O5S. The van der Waals surface area contributed by atoms with Gasteiger partial charge in [-0.3, -0.25) is 9.59 Å². The number of rotatable bonds is 16. The maximum atomic E-state index is 13.6. The fourth-order valence-electron chi connectivity index (χ4n) is 3.69. The first-order valence-corrected chi connectivity index (χ1v) is 13.6. The predicted octanol–water partition coefficient (Wildman–Crippen LogP) is 4.86. The Bertz CT molecular complexity index is 952. The number of ether oxygens (including phenoxy) is 3. The molecule has 9 heteroatoms. The summed E-state index contributed by atoms with van der Waals surface area (Å²) in [5, 5.41) is 2.00. The lowest BCUT2D eigenvalue weighted by atomic mass is 9.94. The smallest absolute Gasteiger partial charge is 0.242 e. The first kappa shape index (κ1) is 29.9. The molecule has 2 aromatic rings. The van der Waals surface area contributed by atoms with Crippen LogP contribution in [0.25, 0.3) is 0 Å². The third-order valence-corrected chi connectivity index (χ3v) is 7.37. The van der Waals surface area contributed by atoms with Crippen LogP contribution in [0.5, 0.6) is 11.5 Å². The molecule has 0 N–H and O–H groups in total. The zero-order valence-electron chi connectivity index (χ0n) is 22.0. The van der Waals surface area contributed by atoms with E-state index in [1.54, 1.807) is 30.5 Å². The van der Waals surface area contributed by atoms with Gasteiger partial charge in [0, 0.05) is 37.1 Å². The van der Waals surface area contributed by atoms with Crippen LogP contribution in [-0.2, 0) is 27.3 Å². The molecule has 2 rings (SSSR count). The van der Waals surface area contributed by atoms with Crippen LogP contribution in [0.3, 0.4) is 0 Å². The quantitative estimate of drug-likeness (QED) is 0.225. The van der Waals surface area contributed by atoms with E-state index in [-0.39, 0.29) is 24.2 Å². The molecule has 0 aliphatic heterocycles. The average Bonchev–Trinajstić information content (AvgIpc) is 3.40. The summed E-state index contributed by atoms with van der Waals surface area (Å²) in [6.07, 6.45) is 1.30. The molecular weight excluding hydrogens is 500 g/mol. The van der Waals surface area contributed by atoms with Crippen LogP contribution >= 0.6 is 22.9 Å². The van der Waals surface area contributed by atoms with E-state index >= 15 is 0 Å². The molecule has 0 saturated carbocycles. The largest absolute Gasteiger partial charge is 0.493 e. The van der Waals surface area contributed by atoms with E-state index in [1.807, 2.05) is 61.4 Å². The van der Waals surface area contributed by atoms with E-state index in [1.165, 1.54) is 0 Å². The summed E-state index contributed by atoms with van der Waals surface area (Å²) in [6, 6.07) is 9.76. The molecule has 0 unspecified atom stereocenters. The van der Waals surface area contributed by atoms with Crippen LogP contribution in [0.1, 0.15) is 37.6 Å². The SMILES string of the molecule is CCOCCCN(CC(=O)N(CCc1ccc(OC)c(OC)c1)Cc1cccs1)C(=O)C(C)(C)CCl.